The largest absolute Gasteiger partial charge is 0.389 e. The Morgan fingerprint density at radius 2 is 2.10 bits per heavy atom. The molecule has 0 fully saturated rings. The SMILES string of the molecule is NC(=S)c1cccc(CN2CCc3ccc(F)cc32)c1. The van der Waals surface area contributed by atoms with Crippen LogP contribution in [-0.4, -0.2) is 11.5 Å². The Bertz CT molecular complexity index is 669. The highest BCUT2D eigenvalue weighted by atomic mass is 32.1. The molecule has 2 aromatic rings. The maximum atomic E-state index is 13.4. The van der Waals surface area contributed by atoms with Crippen LogP contribution in [0.3, 0.4) is 0 Å². The topological polar surface area (TPSA) is 29.3 Å². The summed E-state index contributed by atoms with van der Waals surface area (Å²) in [7, 11) is 0. The van der Waals surface area contributed by atoms with Crippen LogP contribution in [0.15, 0.2) is 42.5 Å². The predicted molar refractivity (Wildman–Crippen MR) is 83.5 cm³/mol. The van der Waals surface area contributed by atoms with Crippen LogP contribution in [0.5, 0.6) is 0 Å². The zero-order valence-corrected chi connectivity index (χ0v) is 11.8. The van der Waals surface area contributed by atoms with Gasteiger partial charge < -0.3 is 10.6 Å². The van der Waals surface area contributed by atoms with E-state index in [1.54, 1.807) is 6.07 Å². The average Bonchev–Trinajstić information content (AvgIpc) is 2.82. The van der Waals surface area contributed by atoms with Crippen molar-refractivity contribution in [1.29, 1.82) is 0 Å². The third kappa shape index (κ3) is 2.51. The van der Waals surface area contributed by atoms with Gasteiger partial charge in [-0.2, -0.15) is 0 Å². The Morgan fingerprint density at radius 1 is 1.25 bits per heavy atom. The van der Waals surface area contributed by atoms with E-state index >= 15 is 0 Å². The molecule has 1 heterocycles. The number of anilines is 1. The van der Waals surface area contributed by atoms with E-state index in [0.29, 0.717) is 4.99 Å². The number of halogens is 1. The Kier molecular flexibility index (Phi) is 3.40. The molecule has 2 aromatic carbocycles. The number of hydrogen-bond acceptors (Lipinski definition) is 2. The molecule has 102 valence electrons. The van der Waals surface area contributed by atoms with Crippen molar-refractivity contribution >= 4 is 22.9 Å². The van der Waals surface area contributed by atoms with Crippen molar-refractivity contribution in [2.24, 2.45) is 5.73 Å². The van der Waals surface area contributed by atoms with Gasteiger partial charge in [0.2, 0.25) is 0 Å². The van der Waals surface area contributed by atoms with Gasteiger partial charge in [-0.1, -0.05) is 36.5 Å². The maximum absolute atomic E-state index is 13.4. The van der Waals surface area contributed by atoms with Crippen LogP contribution in [0.4, 0.5) is 10.1 Å². The fourth-order valence-corrected chi connectivity index (χ4v) is 2.75. The minimum absolute atomic E-state index is 0.187. The van der Waals surface area contributed by atoms with Gasteiger partial charge in [0.1, 0.15) is 10.8 Å². The lowest BCUT2D eigenvalue weighted by atomic mass is 10.1. The number of nitrogens with zero attached hydrogens (tertiary/aromatic N) is 1. The van der Waals surface area contributed by atoms with Crippen LogP contribution >= 0.6 is 12.2 Å². The molecular formula is C16H15FN2S. The zero-order valence-electron chi connectivity index (χ0n) is 11.0. The molecule has 0 amide bonds. The molecule has 20 heavy (non-hydrogen) atoms. The number of benzene rings is 2. The lowest BCUT2D eigenvalue weighted by Crippen LogP contribution is -2.20. The normalized spacial score (nSPS) is 13.3. The molecule has 2 N–H and O–H groups in total. The Morgan fingerprint density at radius 3 is 2.90 bits per heavy atom. The second-order valence-corrected chi connectivity index (χ2v) is 5.45. The quantitative estimate of drug-likeness (QED) is 0.879. The number of fused-ring (bicyclic) bond motifs is 1. The summed E-state index contributed by atoms with van der Waals surface area (Å²) in [4.78, 5) is 2.59. The molecular weight excluding hydrogens is 271 g/mol. The summed E-state index contributed by atoms with van der Waals surface area (Å²) in [6, 6.07) is 12.9. The second-order valence-electron chi connectivity index (χ2n) is 5.01. The van der Waals surface area contributed by atoms with Gasteiger partial charge >= 0.3 is 0 Å². The molecule has 0 atom stereocenters. The molecule has 0 aromatic heterocycles. The highest BCUT2D eigenvalue weighted by molar-refractivity contribution is 7.80. The van der Waals surface area contributed by atoms with Crippen LogP contribution in [0.25, 0.3) is 0 Å². The van der Waals surface area contributed by atoms with Crippen molar-refractivity contribution in [1.82, 2.24) is 0 Å². The Labute approximate surface area is 123 Å². The third-order valence-electron chi connectivity index (χ3n) is 3.62. The maximum Gasteiger partial charge on any atom is 0.125 e. The van der Waals surface area contributed by atoms with Crippen LogP contribution in [0.1, 0.15) is 16.7 Å². The molecule has 2 nitrogen and oxygen atoms in total. The molecule has 1 aliphatic rings. The Balaban J connectivity index is 1.85. The molecule has 1 aliphatic heterocycles. The van der Waals surface area contributed by atoms with E-state index in [1.165, 1.54) is 11.6 Å². The molecule has 0 spiro atoms. The highest BCUT2D eigenvalue weighted by Crippen LogP contribution is 2.30. The summed E-state index contributed by atoms with van der Waals surface area (Å²) < 4.78 is 13.4. The van der Waals surface area contributed by atoms with Gasteiger partial charge in [-0.3, -0.25) is 0 Å². The van der Waals surface area contributed by atoms with Gasteiger partial charge in [0.25, 0.3) is 0 Å². The fourth-order valence-electron chi connectivity index (χ4n) is 2.63. The van der Waals surface area contributed by atoms with Gasteiger partial charge in [-0.05, 0) is 35.7 Å². The fraction of sp³-hybridized carbons (Fsp3) is 0.188. The summed E-state index contributed by atoms with van der Waals surface area (Å²) in [6.07, 6.45) is 0.963. The average molecular weight is 286 g/mol. The van der Waals surface area contributed by atoms with Crippen LogP contribution in [-0.2, 0) is 13.0 Å². The van der Waals surface area contributed by atoms with E-state index in [4.69, 9.17) is 18.0 Å². The summed E-state index contributed by atoms with van der Waals surface area (Å²) >= 11 is 5.00. The first-order chi connectivity index (χ1) is 9.63. The van der Waals surface area contributed by atoms with Crippen molar-refractivity contribution in [2.75, 3.05) is 11.4 Å². The van der Waals surface area contributed by atoms with E-state index in [1.807, 2.05) is 30.3 Å². The molecule has 0 saturated carbocycles. The zero-order chi connectivity index (χ0) is 14.1. The molecule has 4 heteroatoms. The van der Waals surface area contributed by atoms with E-state index in [0.717, 1.165) is 36.3 Å². The smallest absolute Gasteiger partial charge is 0.125 e. The van der Waals surface area contributed by atoms with E-state index < -0.39 is 0 Å². The second kappa shape index (κ2) is 5.21. The van der Waals surface area contributed by atoms with Crippen molar-refractivity contribution < 1.29 is 4.39 Å². The van der Waals surface area contributed by atoms with Gasteiger partial charge in [0.05, 0.1) is 0 Å². The standard InChI is InChI=1S/C16H15FN2S/c17-14-5-4-12-6-7-19(15(12)9-14)10-11-2-1-3-13(8-11)16(18)20/h1-5,8-9H,6-7,10H2,(H2,18,20). The van der Waals surface area contributed by atoms with Gasteiger partial charge in [0, 0.05) is 24.3 Å². The number of hydrogen-bond donors (Lipinski definition) is 1. The van der Waals surface area contributed by atoms with E-state index in [9.17, 15) is 4.39 Å². The van der Waals surface area contributed by atoms with Crippen molar-refractivity contribution in [3.05, 3.63) is 65.0 Å². The molecule has 0 saturated heterocycles. The van der Waals surface area contributed by atoms with Crippen LogP contribution in [0.2, 0.25) is 0 Å². The molecule has 0 bridgehead atoms. The van der Waals surface area contributed by atoms with Crippen molar-refractivity contribution in [3.63, 3.8) is 0 Å². The van der Waals surface area contributed by atoms with Crippen molar-refractivity contribution in [3.8, 4) is 0 Å². The molecule has 0 radical (unpaired) electrons. The predicted octanol–water partition coefficient (Wildman–Crippen LogP) is 3.02. The first-order valence-corrected chi connectivity index (χ1v) is 6.96. The number of nitrogens with two attached hydrogens (primary N) is 1. The lowest BCUT2D eigenvalue weighted by molar-refractivity contribution is 0.627. The summed E-state index contributed by atoms with van der Waals surface area (Å²) in [5, 5.41) is 0. The first-order valence-electron chi connectivity index (χ1n) is 6.55. The van der Waals surface area contributed by atoms with Gasteiger partial charge in [-0.15, -0.1) is 0 Å². The molecule has 0 unspecified atom stereocenters. The Hall–Kier alpha value is -1.94. The lowest BCUT2D eigenvalue weighted by Gasteiger charge is -2.20. The van der Waals surface area contributed by atoms with Crippen LogP contribution in [0, 0.1) is 5.82 Å². The summed E-state index contributed by atoms with van der Waals surface area (Å²) in [6.45, 7) is 1.66. The monoisotopic (exact) mass is 286 g/mol. The third-order valence-corrected chi connectivity index (χ3v) is 3.86. The first kappa shape index (κ1) is 13.1. The minimum Gasteiger partial charge on any atom is -0.389 e. The number of rotatable bonds is 3. The minimum atomic E-state index is -0.187. The summed E-state index contributed by atoms with van der Waals surface area (Å²) in [5.74, 6) is -0.187. The van der Waals surface area contributed by atoms with E-state index in [-0.39, 0.29) is 5.82 Å². The molecule has 0 aliphatic carbocycles. The summed E-state index contributed by atoms with van der Waals surface area (Å²) in [5.41, 5.74) is 9.86. The van der Waals surface area contributed by atoms with Crippen molar-refractivity contribution in [2.45, 2.75) is 13.0 Å². The molecule has 3 rings (SSSR count). The van der Waals surface area contributed by atoms with Gasteiger partial charge in [0.15, 0.2) is 0 Å². The highest BCUT2D eigenvalue weighted by Gasteiger charge is 2.19. The van der Waals surface area contributed by atoms with E-state index in [2.05, 4.69) is 4.90 Å². The van der Waals surface area contributed by atoms with Crippen LogP contribution < -0.4 is 10.6 Å². The van der Waals surface area contributed by atoms with Gasteiger partial charge in [-0.25, -0.2) is 4.39 Å². The number of thiocarbonyl (C=S) groups is 1.